The predicted molar refractivity (Wildman–Crippen MR) is 394 cm³/mol. The molecule has 6 aliphatic rings. The van der Waals surface area contributed by atoms with Gasteiger partial charge < -0.3 is 44.0 Å². The van der Waals surface area contributed by atoms with E-state index in [9.17, 15) is 59.9 Å². The highest BCUT2D eigenvalue weighted by atomic mass is 19.2. The highest BCUT2D eigenvalue weighted by Gasteiger charge is 2.49. The zero-order valence-corrected chi connectivity index (χ0v) is 62.8. The molecule has 106 heavy (non-hydrogen) atoms. The standard InChI is InChI=1S/C30H37F2N3O4.C28H34F2N2O3.C26H29F2NO3/c1-5-27(36)33-13-14-34-25-15-20(28(37)35(19(2)3)24-9-7-6-8-10-24)11-12-26(25)39-30(4,29(34)38)21-16-22(31)18-23(32)17-21;1-5-13-31-24-14-19(26(33)32(18(2)3)23-9-7-6-8-10-23)11-12-25(24)35-28(4,27(31)34)20-15-21(29)17-22(30)16-20;1-16(2)29(22-7-5-4-6-8-22)25(31)17-9-10-23-18(11-17)12-24(30)26(3,32-23)19-13-20(27)15-21(28)14-19/h11-12,15-19,24H,5-10,13-14H2,1-4H3,(H,33,36);11-12,14-18,23H,5-10,13H2,1-4H3;9-11,13-16,22H,4-8,12H2,1-3H3. The Morgan fingerprint density at radius 1 is 0.443 bits per heavy atom. The van der Waals surface area contributed by atoms with Gasteiger partial charge in [0.05, 0.1) is 11.4 Å². The van der Waals surface area contributed by atoms with Gasteiger partial charge in [-0.15, -0.1) is 0 Å². The Morgan fingerprint density at radius 2 is 0.764 bits per heavy atom. The van der Waals surface area contributed by atoms with Crippen LogP contribution in [0.1, 0.15) is 239 Å². The first-order valence-electron chi connectivity index (χ1n) is 37.7. The molecule has 3 unspecified atom stereocenters. The molecule has 3 aliphatic heterocycles. The van der Waals surface area contributed by atoms with Gasteiger partial charge in [-0.05, 0) is 198 Å². The number of carbonyl (C=O) groups is 7. The Labute approximate surface area is 618 Å². The van der Waals surface area contributed by atoms with E-state index in [1.165, 1.54) is 44.9 Å². The number of rotatable bonds is 18. The van der Waals surface area contributed by atoms with Gasteiger partial charge in [0, 0.05) is 126 Å². The number of hydrogen-bond acceptors (Lipinski definition) is 10. The lowest BCUT2D eigenvalue weighted by Crippen LogP contribution is -2.54. The lowest BCUT2D eigenvalue weighted by Gasteiger charge is -2.41. The van der Waals surface area contributed by atoms with Crippen molar-refractivity contribution in [2.75, 3.05) is 29.4 Å². The molecular weight excluding hydrogens is 1370 g/mol. The third-order valence-electron chi connectivity index (χ3n) is 21.4. The Bertz CT molecular complexity index is 4190. The molecule has 6 aromatic rings. The van der Waals surface area contributed by atoms with Crippen molar-refractivity contribution in [3.8, 4) is 17.2 Å². The quantitative estimate of drug-likeness (QED) is 0.0815. The van der Waals surface area contributed by atoms with Crippen LogP contribution in [-0.2, 0) is 42.4 Å². The molecule has 0 radical (unpaired) electrons. The summed E-state index contributed by atoms with van der Waals surface area (Å²) in [5.41, 5.74) is -1.59. The van der Waals surface area contributed by atoms with Crippen molar-refractivity contribution in [2.45, 2.75) is 245 Å². The van der Waals surface area contributed by atoms with Crippen molar-refractivity contribution in [1.82, 2.24) is 20.0 Å². The van der Waals surface area contributed by atoms with Crippen LogP contribution >= 0.6 is 0 Å². The summed E-state index contributed by atoms with van der Waals surface area (Å²) >= 11 is 0. The van der Waals surface area contributed by atoms with Crippen LogP contribution < -0.4 is 29.3 Å². The van der Waals surface area contributed by atoms with Gasteiger partial charge in [-0.1, -0.05) is 71.6 Å². The number of hydrogen-bond donors (Lipinski definition) is 1. The Balaban J connectivity index is 0.000000171. The molecule has 3 atom stereocenters. The highest BCUT2D eigenvalue weighted by Crippen LogP contribution is 2.47. The molecule has 3 aliphatic carbocycles. The number of carbonyl (C=O) groups excluding carboxylic acids is 7. The minimum atomic E-state index is -1.72. The number of ketones is 1. The van der Waals surface area contributed by atoms with E-state index in [0.29, 0.717) is 70.3 Å². The lowest BCUT2D eigenvalue weighted by atomic mass is 9.84. The second-order valence-corrected chi connectivity index (χ2v) is 30.1. The Kier molecular flexibility index (Phi) is 25.2. The summed E-state index contributed by atoms with van der Waals surface area (Å²) in [4.78, 5) is 102. The zero-order chi connectivity index (χ0) is 76.7. The van der Waals surface area contributed by atoms with Gasteiger partial charge in [0.25, 0.3) is 29.5 Å². The first-order chi connectivity index (χ1) is 50.4. The minimum absolute atomic E-state index is 0.000962. The summed E-state index contributed by atoms with van der Waals surface area (Å²) < 4.78 is 102. The summed E-state index contributed by atoms with van der Waals surface area (Å²) in [7, 11) is 0. The third-order valence-corrected chi connectivity index (χ3v) is 21.4. The average Bonchev–Trinajstić information content (AvgIpc) is 0.752. The summed E-state index contributed by atoms with van der Waals surface area (Å²) in [5.74, 6) is -5.26. The Hall–Kier alpha value is -9.21. The second-order valence-electron chi connectivity index (χ2n) is 30.1. The summed E-state index contributed by atoms with van der Waals surface area (Å²) in [6.45, 7) is 20.9. The number of nitrogens with zero attached hydrogens (tertiary/aromatic N) is 5. The van der Waals surface area contributed by atoms with Crippen molar-refractivity contribution in [3.63, 3.8) is 0 Å². The number of benzene rings is 6. The van der Waals surface area contributed by atoms with Crippen LogP contribution in [0.3, 0.4) is 0 Å². The van der Waals surface area contributed by atoms with Gasteiger partial charge in [-0.2, -0.15) is 0 Å². The summed E-state index contributed by atoms with van der Waals surface area (Å²) in [6.07, 6.45) is 17.2. The maximum atomic E-state index is 14.1. The first-order valence-corrected chi connectivity index (χ1v) is 37.7. The minimum Gasteiger partial charge on any atom is -0.475 e. The largest absolute Gasteiger partial charge is 0.475 e. The molecule has 568 valence electrons. The molecule has 22 heteroatoms. The molecule has 3 fully saturated rings. The van der Waals surface area contributed by atoms with E-state index >= 15 is 0 Å². The first kappa shape index (κ1) is 79.4. The SMILES string of the molecule is CC(C)N(C(=O)c1ccc2c(c1)CC(=O)C(C)(c1cc(F)cc(F)c1)O2)C1CCCCC1.CCC(=O)NCCN1C(=O)C(C)(c2cc(F)cc(F)c2)Oc2ccc(C(=O)N(C(C)C)C3CCCCC3)cc21.CCCN1C(=O)C(C)(c2cc(F)cc(F)c2)Oc2ccc(C(=O)N(C(C)C)C3CCCCC3)cc21. The molecular formula is C84H100F6N6O10. The molecule has 0 bridgehead atoms. The molecule has 0 spiro atoms. The normalized spacial score (nSPS) is 20.4. The van der Waals surface area contributed by atoms with E-state index in [1.54, 1.807) is 66.4 Å². The smallest absolute Gasteiger partial charge is 0.275 e. The monoisotopic (exact) mass is 1470 g/mol. The fraction of sp³-hybridized carbons (Fsp3) is 0.488. The van der Waals surface area contributed by atoms with Gasteiger partial charge in [0.1, 0.15) is 52.2 Å². The molecule has 16 nitrogen and oxygen atoms in total. The van der Waals surface area contributed by atoms with Crippen molar-refractivity contribution in [2.24, 2.45) is 0 Å². The molecule has 0 aromatic heterocycles. The average molecular weight is 1470 g/mol. The van der Waals surface area contributed by atoms with E-state index in [-0.39, 0.29) is 102 Å². The van der Waals surface area contributed by atoms with Crippen molar-refractivity contribution < 1.29 is 74.1 Å². The third kappa shape index (κ3) is 17.3. The summed E-state index contributed by atoms with van der Waals surface area (Å²) in [5, 5.41) is 2.76. The number of halogens is 6. The summed E-state index contributed by atoms with van der Waals surface area (Å²) in [6, 6.07) is 24.8. The van der Waals surface area contributed by atoms with Crippen LogP contribution in [-0.4, -0.2) is 112 Å². The van der Waals surface area contributed by atoms with Crippen LogP contribution in [0.15, 0.2) is 109 Å². The van der Waals surface area contributed by atoms with E-state index in [1.807, 2.05) is 63.2 Å². The fourth-order valence-electron chi connectivity index (χ4n) is 15.9. The topological polar surface area (TPSA) is 175 Å². The van der Waals surface area contributed by atoms with Crippen LogP contribution in [0, 0.1) is 34.9 Å². The van der Waals surface area contributed by atoms with Gasteiger partial charge >= 0.3 is 0 Å². The molecule has 1 N–H and O–H groups in total. The van der Waals surface area contributed by atoms with Gasteiger partial charge in [-0.3, -0.25) is 33.6 Å². The van der Waals surface area contributed by atoms with Crippen LogP contribution in [0.4, 0.5) is 37.7 Å². The van der Waals surface area contributed by atoms with Gasteiger partial charge in [0.15, 0.2) is 11.4 Å². The van der Waals surface area contributed by atoms with Gasteiger partial charge in [-0.25, -0.2) is 26.3 Å². The van der Waals surface area contributed by atoms with E-state index in [4.69, 9.17) is 14.2 Å². The highest BCUT2D eigenvalue weighted by molar-refractivity contribution is 6.06. The van der Waals surface area contributed by atoms with E-state index in [2.05, 4.69) is 5.32 Å². The Morgan fingerprint density at radius 3 is 1.10 bits per heavy atom. The van der Waals surface area contributed by atoms with E-state index < -0.39 is 63.5 Å². The number of ether oxygens (including phenoxy) is 3. The number of fused-ring (bicyclic) bond motifs is 3. The number of amides is 6. The molecule has 3 heterocycles. The van der Waals surface area contributed by atoms with Crippen LogP contribution in [0.2, 0.25) is 0 Å². The maximum absolute atomic E-state index is 14.1. The number of nitrogens with one attached hydrogen (secondary N) is 1. The molecule has 6 aromatic carbocycles. The number of anilines is 2. The molecule has 0 saturated heterocycles. The van der Waals surface area contributed by atoms with E-state index in [0.717, 1.165) is 132 Å². The number of Topliss-reactive ketones (excluding diaryl/α,β-unsaturated/α-hetero) is 1. The fourth-order valence-corrected chi connectivity index (χ4v) is 15.9. The lowest BCUT2D eigenvalue weighted by molar-refractivity contribution is -0.135. The zero-order valence-electron chi connectivity index (χ0n) is 62.8. The second kappa shape index (κ2) is 33.7. The molecule has 6 amide bonds. The molecule has 12 rings (SSSR count). The van der Waals surface area contributed by atoms with Crippen molar-refractivity contribution >= 4 is 52.6 Å². The predicted octanol–water partition coefficient (Wildman–Crippen LogP) is 17.1. The van der Waals surface area contributed by atoms with Crippen LogP contribution in [0.5, 0.6) is 17.2 Å². The van der Waals surface area contributed by atoms with Crippen LogP contribution in [0.25, 0.3) is 0 Å². The maximum Gasteiger partial charge on any atom is 0.275 e. The molecule has 3 saturated carbocycles. The van der Waals surface area contributed by atoms with Crippen molar-refractivity contribution in [3.05, 3.63) is 183 Å². The van der Waals surface area contributed by atoms with Gasteiger partial charge in [0.2, 0.25) is 17.1 Å². The van der Waals surface area contributed by atoms with Crippen molar-refractivity contribution in [1.29, 1.82) is 0 Å².